The Kier molecular flexibility index (Phi) is 5.91. The van der Waals surface area contributed by atoms with Crippen LogP contribution in [-0.2, 0) is 16.0 Å². The first-order chi connectivity index (χ1) is 8.99. The van der Waals surface area contributed by atoms with E-state index in [2.05, 4.69) is 17.2 Å². The molecule has 0 saturated carbocycles. The number of carbonyl (C=O) groups is 2. The van der Waals surface area contributed by atoms with E-state index < -0.39 is 5.97 Å². The van der Waals surface area contributed by atoms with Crippen LogP contribution in [-0.4, -0.2) is 23.5 Å². The van der Waals surface area contributed by atoms with Crippen molar-refractivity contribution < 1.29 is 14.7 Å². The zero-order valence-corrected chi connectivity index (χ0v) is 11.3. The average molecular weight is 280 g/mol. The molecule has 1 aromatic rings. The second kappa shape index (κ2) is 7.45. The molecule has 100 valence electrons. The van der Waals surface area contributed by atoms with Crippen LogP contribution in [0.1, 0.15) is 24.5 Å². The number of carboxylic acid groups (broad SMARTS) is 1. The van der Waals surface area contributed by atoms with E-state index in [1.54, 1.807) is 18.2 Å². The Morgan fingerprint density at radius 1 is 1.42 bits per heavy atom. The monoisotopic (exact) mass is 279 g/mol. The molecule has 2 N–H and O–H groups in total. The van der Waals surface area contributed by atoms with Crippen molar-refractivity contribution in [2.45, 2.75) is 19.8 Å². The van der Waals surface area contributed by atoms with Crippen LogP contribution in [0.3, 0.4) is 0 Å². The number of hydrogen-bond donors (Lipinski definition) is 2. The Hall–Kier alpha value is -1.99. The van der Waals surface area contributed by atoms with Crippen LogP contribution >= 0.6 is 11.6 Å². The standard InChI is InChI=1S/C14H14ClNO3/c1-10(17)16-7-3-2-4-11-8-13(15)6-5-12(11)9-14(18)19/h5-6,8H,3,7,9H2,1H3,(H,16,17)(H,18,19). The van der Waals surface area contributed by atoms with Gasteiger partial charge in [0.25, 0.3) is 0 Å². The number of carboxylic acids is 1. The van der Waals surface area contributed by atoms with Crippen molar-refractivity contribution in [3.8, 4) is 11.8 Å². The topological polar surface area (TPSA) is 66.4 Å². The Balaban J connectivity index is 2.75. The van der Waals surface area contributed by atoms with Crippen molar-refractivity contribution in [2.75, 3.05) is 6.54 Å². The first-order valence-corrected chi connectivity index (χ1v) is 6.10. The van der Waals surface area contributed by atoms with Crippen LogP contribution in [0.4, 0.5) is 0 Å². The van der Waals surface area contributed by atoms with Crippen molar-refractivity contribution in [3.63, 3.8) is 0 Å². The third-order valence-electron chi connectivity index (χ3n) is 2.26. The van der Waals surface area contributed by atoms with E-state index in [-0.39, 0.29) is 12.3 Å². The van der Waals surface area contributed by atoms with Crippen LogP contribution in [0.2, 0.25) is 5.02 Å². The minimum Gasteiger partial charge on any atom is -0.481 e. The molecular formula is C14H14ClNO3. The molecule has 1 aromatic carbocycles. The van der Waals surface area contributed by atoms with Crippen molar-refractivity contribution in [3.05, 3.63) is 34.3 Å². The number of benzene rings is 1. The molecule has 0 aliphatic rings. The van der Waals surface area contributed by atoms with E-state index in [9.17, 15) is 9.59 Å². The summed E-state index contributed by atoms with van der Waals surface area (Å²) in [5.41, 5.74) is 1.24. The summed E-state index contributed by atoms with van der Waals surface area (Å²) in [6.45, 7) is 1.91. The van der Waals surface area contributed by atoms with Gasteiger partial charge in [0.05, 0.1) is 6.42 Å². The SMILES string of the molecule is CC(=O)NCCC#Cc1cc(Cl)ccc1CC(=O)O. The van der Waals surface area contributed by atoms with Gasteiger partial charge in [0, 0.05) is 30.5 Å². The highest BCUT2D eigenvalue weighted by Crippen LogP contribution is 2.16. The third-order valence-corrected chi connectivity index (χ3v) is 2.50. The Bertz CT molecular complexity index is 543. The molecule has 0 aliphatic carbocycles. The van der Waals surface area contributed by atoms with Gasteiger partial charge in [-0.1, -0.05) is 29.5 Å². The summed E-state index contributed by atoms with van der Waals surface area (Å²) in [4.78, 5) is 21.4. The average Bonchev–Trinajstić information content (AvgIpc) is 2.31. The summed E-state index contributed by atoms with van der Waals surface area (Å²) >= 11 is 5.86. The molecule has 0 spiro atoms. The maximum absolute atomic E-state index is 10.7. The number of hydrogen-bond acceptors (Lipinski definition) is 2. The highest BCUT2D eigenvalue weighted by atomic mass is 35.5. The van der Waals surface area contributed by atoms with Gasteiger partial charge in [-0.2, -0.15) is 0 Å². The van der Waals surface area contributed by atoms with Crippen molar-refractivity contribution in [2.24, 2.45) is 0 Å². The molecule has 0 heterocycles. The molecule has 0 bridgehead atoms. The zero-order valence-electron chi connectivity index (χ0n) is 10.5. The van der Waals surface area contributed by atoms with Crippen LogP contribution in [0.25, 0.3) is 0 Å². The van der Waals surface area contributed by atoms with Gasteiger partial charge in [-0.3, -0.25) is 9.59 Å². The van der Waals surface area contributed by atoms with Gasteiger partial charge in [0.15, 0.2) is 0 Å². The predicted molar refractivity (Wildman–Crippen MR) is 73.0 cm³/mol. The lowest BCUT2D eigenvalue weighted by Crippen LogP contribution is -2.20. The number of aliphatic carboxylic acids is 1. The summed E-state index contributed by atoms with van der Waals surface area (Å²) in [6, 6.07) is 4.95. The molecule has 1 amide bonds. The molecule has 0 atom stereocenters. The Morgan fingerprint density at radius 2 is 2.16 bits per heavy atom. The number of halogens is 1. The second-order valence-corrected chi connectivity index (χ2v) is 4.34. The predicted octanol–water partition coefficient (Wildman–Crippen LogP) is 1.84. The van der Waals surface area contributed by atoms with Gasteiger partial charge in [0.1, 0.15) is 0 Å². The van der Waals surface area contributed by atoms with Crippen LogP contribution in [0.15, 0.2) is 18.2 Å². The van der Waals surface area contributed by atoms with Crippen LogP contribution in [0.5, 0.6) is 0 Å². The largest absolute Gasteiger partial charge is 0.481 e. The van der Waals surface area contributed by atoms with E-state index in [0.29, 0.717) is 29.1 Å². The minimum absolute atomic E-state index is 0.0904. The molecule has 0 saturated heterocycles. The molecule has 4 nitrogen and oxygen atoms in total. The number of nitrogens with one attached hydrogen (secondary N) is 1. The van der Waals surface area contributed by atoms with Gasteiger partial charge in [-0.05, 0) is 17.7 Å². The van der Waals surface area contributed by atoms with E-state index in [0.717, 1.165) is 0 Å². The smallest absolute Gasteiger partial charge is 0.307 e. The summed E-state index contributed by atoms with van der Waals surface area (Å²) < 4.78 is 0. The lowest BCUT2D eigenvalue weighted by Gasteiger charge is -2.02. The molecule has 19 heavy (non-hydrogen) atoms. The molecule has 0 aliphatic heterocycles. The van der Waals surface area contributed by atoms with Gasteiger partial charge < -0.3 is 10.4 Å². The van der Waals surface area contributed by atoms with Gasteiger partial charge in [-0.15, -0.1) is 0 Å². The van der Waals surface area contributed by atoms with Crippen molar-refractivity contribution in [1.29, 1.82) is 0 Å². The molecular weight excluding hydrogens is 266 g/mol. The van der Waals surface area contributed by atoms with Crippen molar-refractivity contribution in [1.82, 2.24) is 5.32 Å². The lowest BCUT2D eigenvalue weighted by molar-refractivity contribution is -0.136. The Morgan fingerprint density at radius 3 is 2.79 bits per heavy atom. The molecule has 0 fully saturated rings. The second-order valence-electron chi connectivity index (χ2n) is 3.91. The summed E-state index contributed by atoms with van der Waals surface area (Å²) in [5.74, 6) is 4.75. The maximum Gasteiger partial charge on any atom is 0.307 e. The van der Waals surface area contributed by atoms with Gasteiger partial charge >= 0.3 is 5.97 Å². The van der Waals surface area contributed by atoms with E-state index in [1.165, 1.54) is 6.92 Å². The van der Waals surface area contributed by atoms with Crippen LogP contribution < -0.4 is 5.32 Å². The molecule has 0 radical (unpaired) electrons. The fourth-order valence-corrected chi connectivity index (χ4v) is 1.61. The highest BCUT2D eigenvalue weighted by molar-refractivity contribution is 6.30. The molecule has 0 aromatic heterocycles. The number of rotatable bonds is 4. The number of carbonyl (C=O) groups excluding carboxylic acids is 1. The third kappa shape index (κ3) is 5.94. The van der Waals surface area contributed by atoms with E-state index in [4.69, 9.17) is 16.7 Å². The van der Waals surface area contributed by atoms with Gasteiger partial charge in [-0.25, -0.2) is 0 Å². The molecule has 1 rings (SSSR count). The quantitative estimate of drug-likeness (QED) is 0.653. The fraction of sp³-hybridized carbons (Fsp3) is 0.286. The van der Waals surface area contributed by atoms with Crippen molar-refractivity contribution >= 4 is 23.5 Å². The summed E-state index contributed by atoms with van der Waals surface area (Å²) in [7, 11) is 0. The summed E-state index contributed by atoms with van der Waals surface area (Å²) in [5, 5.41) is 11.9. The highest BCUT2D eigenvalue weighted by Gasteiger charge is 2.05. The fourth-order valence-electron chi connectivity index (χ4n) is 1.44. The first-order valence-electron chi connectivity index (χ1n) is 5.72. The maximum atomic E-state index is 10.7. The normalized spacial score (nSPS) is 9.37. The van der Waals surface area contributed by atoms with E-state index >= 15 is 0 Å². The lowest BCUT2D eigenvalue weighted by atomic mass is 10.0. The first kappa shape index (κ1) is 15.1. The van der Waals surface area contributed by atoms with E-state index in [1.807, 2.05) is 0 Å². The Labute approximate surface area is 116 Å². The van der Waals surface area contributed by atoms with Crippen LogP contribution in [0, 0.1) is 11.8 Å². The minimum atomic E-state index is -0.913. The molecule has 5 heteroatoms. The zero-order chi connectivity index (χ0) is 14.3. The molecule has 0 unspecified atom stereocenters. The summed E-state index contributed by atoms with van der Waals surface area (Å²) in [6.07, 6.45) is 0.408. The number of amides is 1. The van der Waals surface area contributed by atoms with Gasteiger partial charge in [0.2, 0.25) is 5.91 Å².